The summed E-state index contributed by atoms with van der Waals surface area (Å²) in [6.45, 7) is 3.85. The highest BCUT2D eigenvalue weighted by Crippen LogP contribution is 2.07. The predicted octanol–water partition coefficient (Wildman–Crippen LogP) is 1.98. The molecule has 0 atom stereocenters. The molecule has 0 aliphatic carbocycles. The lowest BCUT2D eigenvalue weighted by Gasteiger charge is -2.07. The van der Waals surface area contributed by atoms with Crippen molar-refractivity contribution in [2.45, 2.75) is 19.9 Å². The fourth-order valence-electron chi connectivity index (χ4n) is 0.889. The zero-order valence-corrected chi connectivity index (χ0v) is 9.13. The van der Waals surface area contributed by atoms with Crippen LogP contribution in [0.5, 0.6) is 0 Å². The molecule has 0 aliphatic rings. The van der Waals surface area contributed by atoms with Crippen LogP contribution in [0.1, 0.15) is 24.2 Å². The van der Waals surface area contributed by atoms with Gasteiger partial charge in [0.1, 0.15) is 4.60 Å². The predicted molar refractivity (Wildman–Crippen MR) is 54.5 cm³/mol. The smallest absolute Gasteiger partial charge is 0.251 e. The van der Waals surface area contributed by atoms with E-state index in [2.05, 4.69) is 26.2 Å². The summed E-state index contributed by atoms with van der Waals surface area (Å²) in [6.07, 6.45) is 1.60. The Kier molecular flexibility index (Phi) is 3.42. The molecule has 0 saturated carbocycles. The number of nitrogens with zero attached hydrogens (tertiary/aromatic N) is 1. The lowest BCUT2D eigenvalue weighted by Crippen LogP contribution is -2.30. The van der Waals surface area contributed by atoms with E-state index in [-0.39, 0.29) is 11.9 Å². The van der Waals surface area contributed by atoms with Crippen molar-refractivity contribution >= 4 is 21.8 Å². The summed E-state index contributed by atoms with van der Waals surface area (Å²) in [6, 6.07) is 3.53. The molecule has 0 radical (unpaired) electrons. The van der Waals surface area contributed by atoms with Crippen molar-refractivity contribution in [3.8, 4) is 0 Å². The van der Waals surface area contributed by atoms with Gasteiger partial charge in [-0.25, -0.2) is 4.98 Å². The minimum atomic E-state index is -0.0712. The molecule has 13 heavy (non-hydrogen) atoms. The summed E-state index contributed by atoms with van der Waals surface area (Å²) in [5.41, 5.74) is 0.621. The fraction of sp³-hybridized carbons (Fsp3) is 0.333. The third-order valence-corrected chi connectivity index (χ3v) is 1.84. The summed E-state index contributed by atoms with van der Waals surface area (Å²) in [5, 5.41) is 2.80. The Morgan fingerprint density at radius 3 is 2.85 bits per heavy atom. The molecule has 1 aromatic heterocycles. The van der Waals surface area contributed by atoms with Gasteiger partial charge in [0.15, 0.2) is 0 Å². The van der Waals surface area contributed by atoms with Crippen LogP contribution in [0, 0.1) is 0 Å². The summed E-state index contributed by atoms with van der Waals surface area (Å²) in [5.74, 6) is -0.0712. The quantitative estimate of drug-likeness (QED) is 0.807. The van der Waals surface area contributed by atoms with Crippen LogP contribution in [0.25, 0.3) is 0 Å². The van der Waals surface area contributed by atoms with Crippen molar-refractivity contribution in [1.29, 1.82) is 0 Å². The van der Waals surface area contributed by atoms with E-state index in [1.54, 1.807) is 18.3 Å². The first-order valence-electron chi connectivity index (χ1n) is 4.02. The molecule has 1 amide bonds. The van der Waals surface area contributed by atoms with Crippen LogP contribution < -0.4 is 5.32 Å². The van der Waals surface area contributed by atoms with Gasteiger partial charge in [-0.3, -0.25) is 4.79 Å². The Labute approximate surface area is 85.7 Å². The highest BCUT2D eigenvalue weighted by molar-refractivity contribution is 9.10. The number of hydrogen-bond acceptors (Lipinski definition) is 2. The van der Waals surface area contributed by atoms with Crippen LogP contribution in [-0.2, 0) is 0 Å². The summed E-state index contributed by atoms with van der Waals surface area (Å²) in [7, 11) is 0. The minimum Gasteiger partial charge on any atom is -0.350 e. The van der Waals surface area contributed by atoms with Gasteiger partial charge in [0, 0.05) is 17.8 Å². The van der Waals surface area contributed by atoms with Gasteiger partial charge < -0.3 is 5.32 Å². The molecule has 0 saturated heterocycles. The standard InChI is InChI=1S/C9H11BrN2O/c1-6(2)12-9(13)7-3-4-11-8(10)5-7/h3-6H,1-2H3,(H,12,13). The third kappa shape index (κ3) is 3.14. The van der Waals surface area contributed by atoms with Crippen LogP contribution in [0.2, 0.25) is 0 Å². The number of nitrogens with one attached hydrogen (secondary N) is 1. The van der Waals surface area contributed by atoms with Crippen LogP contribution in [0.3, 0.4) is 0 Å². The Hall–Kier alpha value is -0.900. The molecule has 0 aromatic carbocycles. The Bertz CT molecular complexity index is 312. The molecule has 1 aromatic rings. The maximum atomic E-state index is 11.4. The largest absolute Gasteiger partial charge is 0.350 e. The Balaban J connectivity index is 2.77. The zero-order chi connectivity index (χ0) is 9.84. The van der Waals surface area contributed by atoms with Gasteiger partial charge in [-0.1, -0.05) is 0 Å². The van der Waals surface area contributed by atoms with Crippen LogP contribution >= 0.6 is 15.9 Å². The van der Waals surface area contributed by atoms with E-state index in [0.29, 0.717) is 10.2 Å². The van der Waals surface area contributed by atoms with Gasteiger partial charge in [0.05, 0.1) is 0 Å². The number of hydrogen-bond donors (Lipinski definition) is 1. The van der Waals surface area contributed by atoms with Crippen LogP contribution in [-0.4, -0.2) is 16.9 Å². The van der Waals surface area contributed by atoms with Crippen LogP contribution in [0.15, 0.2) is 22.9 Å². The highest BCUT2D eigenvalue weighted by atomic mass is 79.9. The second-order valence-corrected chi connectivity index (χ2v) is 3.81. The molecule has 70 valence electrons. The molecular weight excluding hydrogens is 232 g/mol. The van der Waals surface area contributed by atoms with E-state index >= 15 is 0 Å². The van der Waals surface area contributed by atoms with Crippen molar-refractivity contribution < 1.29 is 4.79 Å². The molecule has 0 unspecified atom stereocenters. The Morgan fingerprint density at radius 2 is 2.31 bits per heavy atom. The van der Waals surface area contributed by atoms with Gasteiger partial charge in [-0.15, -0.1) is 0 Å². The topological polar surface area (TPSA) is 42.0 Å². The number of pyridine rings is 1. The molecule has 0 fully saturated rings. The second-order valence-electron chi connectivity index (χ2n) is 3.00. The van der Waals surface area contributed by atoms with E-state index < -0.39 is 0 Å². The maximum absolute atomic E-state index is 11.4. The van der Waals surface area contributed by atoms with Gasteiger partial charge >= 0.3 is 0 Å². The summed E-state index contributed by atoms with van der Waals surface area (Å²) in [4.78, 5) is 15.4. The highest BCUT2D eigenvalue weighted by Gasteiger charge is 2.06. The number of rotatable bonds is 2. The maximum Gasteiger partial charge on any atom is 0.251 e. The van der Waals surface area contributed by atoms with E-state index in [9.17, 15) is 4.79 Å². The molecule has 1 N–H and O–H groups in total. The molecule has 1 heterocycles. The minimum absolute atomic E-state index is 0.0712. The molecule has 4 heteroatoms. The Morgan fingerprint density at radius 1 is 1.62 bits per heavy atom. The monoisotopic (exact) mass is 242 g/mol. The number of carbonyl (C=O) groups is 1. The molecule has 0 bridgehead atoms. The lowest BCUT2D eigenvalue weighted by molar-refractivity contribution is 0.0943. The first-order chi connectivity index (χ1) is 6.09. The number of amides is 1. The fourth-order valence-corrected chi connectivity index (χ4v) is 1.25. The number of carbonyl (C=O) groups excluding carboxylic acids is 1. The van der Waals surface area contributed by atoms with E-state index in [4.69, 9.17) is 0 Å². The molecule has 3 nitrogen and oxygen atoms in total. The number of aromatic nitrogens is 1. The second kappa shape index (κ2) is 4.37. The number of halogens is 1. The van der Waals surface area contributed by atoms with Gasteiger partial charge in [-0.05, 0) is 41.9 Å². The summed E-state index contributed by atoms with van der Waals surface area (Å²) >= 11 is 3.21. The van der Waals surface area contributed by atoms with Crippen molar-refractivity contribution in [2.24, 2.45) is 0 Å². The van der Waals surface area contributed by atoms with Gasteiger partial charge in [0.2, 0.25) is 0 Å². The average molecular weight is 243 g/mol. The molecule has 1 rings (SSSR count). The first-order valence-corrected chi connectivity index (χ1v) is 4.81. The van der Waals surface area contributed by atoms with Gasteiger partial charge in [-0.2, -0.15) is 0 Å². The zero-order valence-electron chi connectivity index (χ0n) is 7.54. The van der Waals surface area contributed by atoms with Crippen LogP contribution in [0.4, 0.5) is 0 Å². The SMILES string of the molecule is CC(C)NC(=O)c1ccnc(Br)c1. The van der Waals surface area contributed by atoms with E-state index in [1.165, 1.54) is 0 Å². The molecule has 0 aliphatic heterocycles. The van der Waals surface area contributed by atoms with Crippen molar-refractivity contribution in [1.82, 2.24) is 10.3 Å². The van der Waals surface area contributed by atoms with Crippen molar-refractivity contribution in [2.75, 3.05) is 0 Å². The van der Waals surface area contributed by atoms with E-state index in [0.717, 1.165) is 0 Å². The molecule has 0 spiro atoms. The van der Waals surface area contributed by atoms with Crippen molar-refractivity contribution in [3.63, 3.8) is 0 Å². The summed E-state index contributed by atoms with van der Waals surface area (Å²) < 4.78 is 0.670. The average Bonchev–Trinajstić information content (AvgIpc) is 2.03. The first kappa shape index (κ1) is 10.2. The normalized spacial score (nSPS) is 10.2. The van der Waals surface area contributed by atoms with Crippen molar-refractivity contribution in [3.05, 3.63) is 28.5 Å². The third-order valence-electron chi connectivity index (χ3n) is 1.41. The van der Waals surface area contributed by atoms with E-state index in [1.807, 2.05) is 13.8 Å². The molecular formula is C9H11BrN2O. The van der Waals surface area contributed by atoms with Gasteiger partial charge in [0.25, 0.3) is 5.91 Å². The lowest BCUT2D eigenvalue weighted by atomic mass is 10.2.